The minimum Gasteiger partial charge on any atom is -0.465 e. The lowest BCUT2D eigenvalue weighted by Crippen LogP contribution is -2.36. The Balaban J connectivity index is 2.00. The molecule has 0 saturated heterocycles. The molecule has 0 spiro atoms. The minimum atomic E-state index is -0.417. The van der Waals surface area contributed by atoms with E-state index in [1.807, 2.05) is 58.0 Å². The van der Waals surface area contributed by atoms with Crippen LogP contribution in [0.25, 0.3) is 0 Å². The van der Waals surface area contributed by atoms with E-state index in [0.29, 0.717) is 12.2 Å². The van der Waals surface area contributed by atoms with Gasteiger partial charge in [0.05, 0.1) is 6.42 Å². The highest BCUT2D eigenvalue weighted by Crippen LogP contribution is 2.18. The molecule has 0 bridgehead atoms. The van der Waals surface area contributed by atoms with E-state index in [2.05, 4.69) is 11.2 Å². The molecule has 4 nitrogen and oxygen atoms in total. The maximum atomic E-state index is 12.5. The summed E-state index contributed by atoms with van der Waals surface area (Å²) in [6.45, 7) is 8.02. The summed E-state index contributed by atoms with van der Waals surface area (Å²) in [6.07, 6.45) is 5.72. The molecule has 0 unspecified atom stereocenters. The van der Waals surface area contributed by atoms with Crippen LogP contribution in [0.5, 0.6) is 0 Å². The van der Waals surface area contributed by atoms with Crippen LogP contribution in [0.15, 0.2) is 34.7 Å². The first-order valence-corrected chi connectivity index (χ1v) is 8.42. The smallest absolute Gasteiger partial charge is 0.329 e. The van der Waals surface area contributed by atoms with Crippen LogP contribution in [0.2, 0.25) is 0 Å². The Morgan fingerprint density at radius 3 is 2.56 bits per heavy atom. The molecular formula is C21H25NO3. The van der Waals surface area contributed by atoms with Gasteiger partial charge in [-0.25, -0.2) is 4.79 Å². The van der Waals surface area contributed by atoms with Crippen molar-refractivity contribution in [3.05, 3.63) is 53.0 Å². The second-order valence-corrected chi connectivity index (χ2v) is 6.51. The van der Waals surface area contributed by atoms with Gasteiger partial charge in [0.15, 0.2) is 0 Å². The maximum Gasteiger partial charge on any atom is 0.329 e. The summed E-state index contributed by atoms with van der Waals surface area (Å²) >= 11 is 0. The molecule has 1 atom stereocenters. The highest BCUT2D eigenvalue weighted by molar-refractivity contribution is 5.79. The topological polar surface area (TPSA) is 51.5 Å². The van der Waals surface area contributed by atoms with Gasteiger partial charge in [0.25, 0.3) is 0 Å². The molecule has 2 aromatic rings. The molecule has 0 fully saturated rings. The lowest BCUT2D eigenvalue weighted by atomic mass is 10.0. The zero-order chi connectivity index (χ0) is 18.4. The van der Waals surface area contributed by atoms with Crippen molar-refractivity contribution in [1.29, 1.82) is 0 Å². The normalized spacial score (nSPS) is 11.8. The van der Waals surface area contributed by atoms with Crippen molar-refractivity contribution in [1.82, 2.24) is 0 Å². The maximum absolute atomic E-state index is 12.5. The Morgan fingerprint density at radius 1 is 1.28 bits per heavy atom. The minimum absolute atomic E-state index is 0.0938. The summed E-state index contributed by atoms with van der Waals surface area (Å²) in [5.41, 5.74) is 2.92. The number of ether oxygens (including phenoxy) is 1. The first-order valence-electron chi connectivity index (χ1n) is 8.42. The first kappa shape index (κ1) is 18.7. The molecule has 0 aliphatic carbocycles. The Kier molecular flexibility index (Phi) is 6.30. The summed E-state index contributed by atoms with van der Waals surface area (Å²) in [5.74, 6) is 3.79. The number of terminal acetylenes is 1. The van der Waals surface area contributed by atoms with Gasteiger partial charge < -0.3 is 14.5 Å². The highest BCUT2D eigenvalue weighted by atomic mass is 16.5. The largest absolute Gasteiger partial charge is 0.465 e. The van der Waals surface area contributed by atoms with Crippen LogP contribution in [0.1, 0.15) is 36.5 Å². The van der Waals surface area contributed by atoms with E-state index in [-0.39, 0.29) is 18.5 Å². The van der Waals surface area contributed by atoms with E-state index in [0.717, 1.165) is 17.0 Å². The molecule has 0 aliphatic heterocycles. The molecular weight excluding hydrogens is 314 g/mol. The number of carbonyl (C=O) groups excluding carboxylic acids is 1. The molecule has 4 heteroatoms. The lowest BCUT2D eigenvalue weighted by Gasteiger charge is -2.22. The molecule has 132 valence electrons. The number of benzene rings is 1. The molecule has 1 aromatic heterocycles. The van der Waals surface area contributed by atoms with Crippen LogP contribution in [0, 0.1) is 32.1 Å². The molecule has 2 rings (SSSR count). The fourth-order valence-electron chi connectivity index (χ4n) is 2.48. The second kappa shape index (κ2) is 8.43. The molecule has 25 heavy (non-hydrogen) atoms. The first-order chi connectivity index (χ1) is 11.9. The number of hydrogen-bond acceptors (Lipinski definition) is 4. The predicted molar refractivity (Wildman–Crippen MR) is 99.2 cm³/mol. The van der Waals surface area contributed by atoms with Gasteiger partial charge in [-0.2, -0.15) is 0 Å². The summed E-state index contributed by atoms with van der Waals surface area (Å²) in [7, 11) is 0. The van der Waals surface area contributed by atoms with E-state index in [1.165, 1.54) is 5.56 Å². The zero-order valence-electron chi connectivity index (χ0n) is 15.3. The summed E-state index contributed by atoms with van der Waals surface area (Å²) in [4.78, 5) is 12.5. The summed E-state index contributed by atoms with van der Waals surface area (Å²) < 4.78 is 11.1. The monoisotopic (exact) mass is 339 g/mol. The van der Waals surface area contributed by atoms with Gasteiger partial charge >= 0.3 is 5.97 Å². The van der Waals surface area contributed by atoms with Crippen LogP contribution < -0.4 is 5.32 Å². The van der Waals surface area contributed by atoms with E-state index >= 15 is 0 Å². The van der Waals surface area contributed by atoms with Crippen LogP contribution in [-0.4, -0.2) is 12.0 Å². The van der Waals surface area contributed by atoms with Crippen LogP contribution >= 0.6 is 0 Å². The molecule has 1 heterocycles. The standard InChI is InChI=1S/C21H25NO3/c1-6-7-19-12-17(16(5)25-19)13-24-21(23)20(14(2)3)22-18-10-8-15(4)9-11-18/h1,8-12,14,20,22H,7,13H2,2-5H3/t20-/m0/s1. The van der Waals surface area contributed by atoms with Crippen molar-refractivity contribution in [2.24, 2.45) is 5.92 Å². The summed E-state index contributed by atoms with van der Waals surface area (Å²) in [6, 6.07) is 9.37. The zero-order valence-corrected chi connectivity index (χ0v) is 15.3. The fraction of sp³-hybridized carbons (Fsp3) is 0.381. The number of nitrogens with one attached hydrogen (secondary N) is 1. The fourth-order valence-corrected chi connectivity index (χ4v) is 2.48. The van der Waals surface area contributed by atoms with Crippen molar-refractivity contribution in [3.8, 4) is 12.3 Å². The van der Waals surface area contributed by atoms with Crippen molar-refractivity contribution >= 4 is 11.7 Å². The third kappa shape index (κ3) is 5.15. The van der Waals surface area contributed by atoms with Crippen molar-refractivity contribution in [2.75, 3.05) is 5.32 Å². The number of anilines is 1. The SMILES string of the molecule is C#CCc1cc(COC(=O)[C@@H](Nc2ccc(C)cc2)C(C)C)c(C)o1. The Labute approximate surface area is 149 Å². The average molecular weight is 339 g/mol. The quantitative estimate of drug-likeness (QED) is 0.605. The highest BCUT2D eigenvalue weighted by Gasteiger charge is 2.24. The predicted octanol–water partition coefficient (Wildman–Crippen LogP) is 4.25. The van der Waals surface area contributed by atoms with Crippen molar-refractivity contribution in [3.63, 3.8) is 0 Å². The van der Waals surface area contributed by atoms with E-state index in [9.17, 15) is 4.79 Å². The molecule has 0 amide bonds. The van der Waals surface area contributed by atoms with Crippen LogP contribution in [-0.2, 0) is 22.6 Å². The number of hydrogen-bond donors (Lipinski definition) is 1. The van der Waals surface area contributed by atoms with E-state index < -0.39 is 6.04 Å². The lowest BCUT2D eigenvalue weighted by molar-refractivity contribution is -0.146. The van der Waals surface area contributed by atoms with Gasteiger partial charge in [-0.1, -0.05) is 37.5 Å². The summed E-state index contributed by atoms with van der Waals surface area (Å²) in [5, 5.41) is 3.26. The van der Waals surface area contributed by atoms with Crippen LogP contribution in [0.3, 0.4) is 0 Å². The number of carbonyl (C=O) groups is 1. The van der Waals surface area contributed by atoms with Crippen molar-refractivity contribution in [2.45, 2.75) is 46.8 Å². The van der Waals surface area contributed by atoms with Gasteiger partial charge in [0.1, 0.15) is 24.2 Å². The van der Waals surface area contributed by atoms with Gasteiger partial charge in [-0.15, -0.1) is 6.42 Å². The van der Waals surface area contributed by atoms with E-state index in [1.54, 1.807) is 0 Å². The third-order valence-corrected chi connectivity index (χ3v) is 4.01. The number of furan rings is 1. The van der Waals surface area contributed by atoms with Gasteiger partial charge in [-0.3, -0.25) is 0 Å². The molecule has 1 aromatic carbocycles. The molecule has 1 N–H and O–H groups in total. The number of rotatable bonds is 7. The molecule has 0 saturated carbocycles. The molecule has 0 radical (unpaired) electrons. The van der Waals surface area contributed by atoms with Crippen molar-refractivity contribution < 1.29 is 13.9 Å². The Morgan fingerprint density at radius 2 is 1.96 bits per heavy atom. The average Bonchev–Trinajstić information content (AvgIpc) is 2.91. The number of esters is 1. The molecule has 0 aliphatic rings. The van der Waals surface area contributed by atoms with Gasteiger partial charge in [0.2, 0.25) is 0 Å². The Hall–Kier alpha value is -2.67. The van der Waals surface area contributed by atoms with Crippen LogP contribution in [0.4, 0.5) is 5.69 Å². The Bertz CT molecular complexity index is 750. The van der Waals surface area contributed by atoms with E-state index in [4.69, 9.17) is 15.6 Å². The number of aryl methyl sites for hydroxylation is 2. The van der Waals surface area contributed by atoms with Gasteiger partial charge in [0, 0.05) is 11.3 Å². The third-order valence-electron chi connectivity index (χ3n) is 4.01. The second-order valence-electron chi connectivity index (χ2n) is 6.51. The van der Waals surface area contributed by atoms with Gasteiger partial charge in [-0.05, 0) is 38.0 Å².